The first-order chi connectivity index (χ1) is 8.98. The average molecular weight is 343 g/mol. The summed E-state index contributed by atoms with van der Waals surface area (Å²) in [6.45, 7) is -1.02. The fraction of sp³-hybridized carbons (Fsp3) is 1.00. The SMILES string of the molecule is COCCN(CCOC)S(=O)(=O)[N-]S(=O)(=O)C(F)(F)F. The van der Waals surface area contributed by atoms with Crippen molar-refractivity contribution in [1.82, 2.24) is 4.31 Å². The number of nitrogens with zero attached hydrogens (tertiary/aromatic N) is 2. The minimum Gasteiger partial charge on any atom is -0.415 e. The van der Waals surface area contributed by atoms with Crippen molar-refractivity contribution in [2.45, 2.75) is 5.51 Å². The fourth-order valence-electron chi connectivity index (χ4n) is 0.942. The highest BCUT2D eigenvalue weighted by atomic mass is 32.3. The first-order valence-electron chi connectivity index (χ1n) is 5.01. The van der Waals surface area contributed by atoms with Gasteiger partial charge in [-0.05, 0) is 0 Å². The predicted octanol–water partition coefficient (Wildman–Crippen LogP) is 0.0493. The number of alkyl halides is 3. The van der Waals surface area contributed by atoms with Crippen LogP contribution in [0.5, 0.6) is 0 Å². The third-order valence-electron chi connectivity index (χ3n) is 1.90. The van der Waals surface area contributed by atoms with E-state index in [1.165, 1.54) is 14.2 Å². The summed E-state index contributed by atoms with van der Waals surface area (Å²) in [4.78, 5) is 0. The van der Waals surface area contributed by atoms with Crippen molar-refractivity contribution >= 4 is 20.2 Å². The number of ether oxygens (including phenoxy) is 2. The van der Waals surface area contributed by atoms with E-state index in [9.17, 15) is 30.0 Å². The summed E-state index contributed by atoms with van der Waals surface area (Å²) < 4.78 is 92.6. The van der Waals surface area contributed by atoms with E-state index in [-0.39, 0.29) is 26.3 Å². The Kier molecular flexibility index (Phi) is 7.34. The smallest absolute Gasteiger partial charge is 0.415 e. The molecule has 0 saturated carbocycles. The Morgan fingerprint density at radius 1 is 1.00 bits per heavy atom. The Morgan fingerprint density at radius 3 is 1.70 bits per heavy atom. The third kappa shape index (κ3) is 5.88. The lowest BCUT2D eigenvalue weighted by atomic mass is 10.6. The number of hydrogen-bond donors (Lipinski definition) is 0. The molecule has 0 unspecified atom stereocenters. The molecule has 122 valence electrons. The average Bonchev–Trinajstić information content (AvgIpc) is 2.25. The zero-order valence-electron chi connectivity index (χ0n) is 10.6. The van der Waals surface area contributed by atoms with Gasteiger partial charge in [0.15, 0.2) is 10.0 Å². The van der Waals surface area contributed by atoms with E-state index < -0.39 is 25.7 Å². The van der Waals surface area contributed by atoms with Crippen molar-refractivity contribution in [3.8, 4) is 0 Å². The van der Waals surface area contributed by atoms with Crippen LogP contribution in [-0.2, 0) is 29.7 Å². The Hall–Kier alpha value is -0.470. The molecule has 0 aromatic rings. The summed E-state index contributed by atoms with van der Waals surface area (Å²) in [5.74, 6) is 0. The summed E-state index contributed by atoms with van der Waals surface area (Å²) in [5.41, 5.74) is -5.78. The van der Waals surface area contributed by atoms with Crippen molar-refractivity contribution < 1.29 is 39.5 Å². The van der Waals surface area contributed by atoms with Gasteiger partial charge in [0.25, 0.3) is 0 Å². The van der Waals surface area contributed by atoms with E-state index in [1.807, 2.05) is 4.13 Å². The molecule has 0 bridgehead atoms. The molecule has 0 radical (unpaired) electrons. The molecule has 0 saturated heterocycles. The predicted molar refractivity (Wildman–Crippen MR) is 62.6 cm³/mol. The maximum Gasteiger partial charge on any atom is 0.480 e. The first kappa shape index (κ1) is 19.5. The molecule has 0 amide bonds. The molecule has 0 fully saturated rings. The second kappa shape index (κ2) is 7.51. The molecule has 0 heterocycles. The Morgan fingerprint density at radius 2 is 1.40 bits per heavy atom. The van der Waals surface area contributed by atoms with E-state index in [4.69, 9.17) is 0 Å². The van der Waals surface area contributed by atoms with Crippen LogP contribution in [0.2, 0.25) is 0 Å². The summed E-state index contributed by atoms with van der Waals surface area (Å²) in [6, 6.07) is 0. The standard InChI is InChI=1S/C7H14F3N2O6S2/c1-17-5-3-12(4-6-18-2)20(15,16)11-19(13,14)7(8,9)10/h3-6H2,1-2H3/q-1. The number of sulfonamides is 1. The summed E-state index contributed by atoms with van der Waals surface area (Å²) in [7, 11) is -8.67. The molecular formula is C7H14F3N2O6S2-. The highest BCUT2D eigenvalue weighted by molar-refractivity contribution is 8.11. The van der Waals surface area contributed by atoms with E-state index in [2.05, 4.69) is 9.47 Å². The molecule has 20 heavy (non-hydrogen) atoms. The van der Waals surface area contributed by atoms with Crippen molar-refractivity contribution in [2.24, 2.45) is 0 Å². The topological polar surface area (TPSA) is 104 Å². The van der Waals surface area contributed by atoms with Gasteiger partial charge in [0, 0.05) is 27.3 Å². The van der Waals surface area contributed by atoms with Crippen molar-refractivity contribution in [3.05, 3.63) is 4.13 Å². The zero-order valence-corrected chi connectivity index (χ0v) is 12.3. The summed E-state index contributed by atoms with van der Waals surface area (Å²) in [5, 5.41) is 0. The van der Waals surface area contributed by atoms with E-state index in [1.54, 1.807) is 0 Å². The Bertz CT molecular complexity index is 481. The molecule has 0 rings (SSSR count). The van der Waals surface area contributed by atoms with Gasteiger partial charge in [-0.2, -0.15) is 13.2 Å². The van der Waals surface area contributed by atoms with Gasteiger partial charge >= 0.3 is 5.51 Å². The molecule has 0 N–H and O–H groups in total. The Labute approximate surface area is 115 Å². The molecule has 0 aromatic carbocycles. The second-order valence-electron chi connectivity index (χ2n) is 3.36. The molecule has 0 atom stereocenters. The van der Waals surface area contributed by atoms with Crippen molar-refractivity contribution in [1.29, 1.82) is 0 Å². The van der Waals surface area contributed by atoms with Crippen LogP contribution in [0.3, 0.4) is 0 Å². The molecule has 0 aliphatic heterocycles. The molecule has 13 heteroatoms. The van der Waals surface area contributed by atoms with E-state index in [0.29, 0.717) is 4.31 Å². The number of methoxy groups -OCH3 is 2. The van der Waals surface area contributed by atoms with Crippen molar-refractivity contribution in [3.63, 3.8) is 0 Å². The van der Waals surface area contributed by atoms with Crippen LogP contribution in [0.15, 0.2) is 0 Å². The van der Waals surface area contributed by atoms with Crippen molar-refractivity contribution in [2.75, 3.05) is 40.5 Å². The maximum absolute atomic E-state index is 12.1. The monoisotopic (exact) mass is 343 g/mol. The number of rotatable bonds is 9. The van der Waals surface area contributed by atoms with Gasteiger partial charge in [-0.1, -0.05) is 0 Å². The van der Waals surface area contributed by atoms with Crippen LogP contribution in [0.25, 0.3) is 4.13 Å². The van der Waals surface area contributed by atoms with Gasteiger partial charge in [0.1, 0.15) is 10.2 Å². The minimum atomic E-state index is -6.14. The van der Waals surface area contributed by atoms with E-state index >= 15 is 0 Å². The summed E-state index contributed by atoms with van der Waals surface area (Å²) >= 11 is 0. The quantitative estimate of drug-likeness (QED) is 0.586. The molecular weight excluding hydrogens is 329 g/mol. The Balaban J connectivity index is 5.13. The van der Waals surface area contributed by atoms with E-state index in [0.717, 1.165) is 0 Å². The zero-order chi connectivity index (χ0) is 16.0. The van der Waals surface area contributed by atoms with Crippen LogP contribution in [0.1, 0.15) is 0 Å². The lowest BCUT2D eigenvalue weighted by Crippen LogP contribution is -2.38. The summed E-state index contributed by atoms with van der Waals surface area (Å²) in [6.07, 6.45) is 0. The molecule has 0 aromatic heterocycles. The van der Waals surface area contributed by atoms with Gasteiger partial charge in [0.05, 0.1) is 13.2 Å². The van der Waals surface area contributed by atoms with Crippen LogP contribution in [0, 0.1) is 0 Å². The molecule has 8 nitrogen and oxygen atoms in total. The minimum absolute atomic E-state index is 0.148. The first-order valence-corrected chi connectivity index (χ1v) is 7.85. The fourth-order valence-corrected chi connectivity index (χ4v) is 3.26. The van der Waals surface area contributed by atoms with Crippen LogP contribution in [-0.4, -0.2) is 67.2 Å². The third-order valence-corrected chi connectivity index (χ3v) is 5.04. The maximum atomic E-state index is 12.1. The van der Waals surface area contributed by atoms with Crippen LogP contribution < -0.4 is 0 Å². The van der Waals surface area contributed by atoms with Crippen LogP contribution in [0.4, 0.5) is 13.2 Å². The largest absolute Gasteiger partial charge is 0.480 e. The van der Waals surface area contributed by atoms with Gasteiger partial charge in [0.2, 0.25) is 0 Å². The van der Waals surface area contributed by atoms with Crippen LogP contribution >= 0.6 is 0 Å². The molecule has 0 aliphatic carbocycles. The second-order valence-corrected chi connectivity index (χ2v) is 6.78. The highest BCUT2D eigenvalue weighted by Gasteiger charge is 2.41. The number of hydrogen-bond acceptors (Lipinski definition) is 6. The molecule has 0 aliphatic rings. The van der Waals surface area contributed by atoms with Gasteiger partial charge in [-0.3, -0.25) is 0 Å². The van der Waals surface area contributed by atoms with Gasteiger partial charge in [-0.15, -0.1) is 0 Å². The van der Waals surface area contributed by atoms with Gasteiger partial charge in [-0.25, -0.2) is 21.1 Å². The highest BCUT2D eigenvalue weighted by Crippen LogP contribution is 2.30. The lowest BCUT2D eigenvalue weighted by Gasteiger charge is -2.30. The normalized spacial score (nSPS) is 13.9. The molecule has 0 spiro atoms. The van der Waals surface area contributed by atoms with Gasteiger partial charge < -0.3 is 13.6 Å². The lowest BCUT2D eigenvalue weighted by molar-refractivity contribution is -0.0425. The number of halogens is 3.